The monoisotopic (exact) mass is 446 g/mol. The summed E-state index contributed by atoms with van der Waals surface area (Å²) in [4.78, 5) is 13.2. The Hall–Kier alpha value is -3.22. The molecule has 1 fully saturated rings. The molecule has 1 unspecified atom stereocenters. The van der Waals surface area contributed by atoms with Crippen LogP contribution >= 0.6 is 12.2 Å². The van der Waals surface area contributed by atoms with Crippen molar-refractivity contribution in [3.63, 3.8) is 0 Å². The topological polar surface area (TPSA) is 59.6 Å². The van der Waals surface area contributed by atoms with E-state index in [-0.39, 0.29) is 17.1 Å². The molecule has 32 heavy (non-hydrogen) atoms. The molecule has 1 atom stereocenters. The quantitative estimate of drug-likeness (QED) is 0.506. The van der Waals surface area contributed by atoms with Gasteiger partial charge < -0.3 is 20.1 Å². The number of carbonyl (C=O) groups excluding carboxylic acids is 1. The molecule has 6 heteroatoms. The number of hydrogen-bond acceptors (Lipinski definition) is 4. The average molecular weight is 447 g/mol. The number of thiocarbonyl (C=S) groups is 1. The summed E-state index contributed by atoms with van der Waals surface area (Å²) in [5, 5.41) is 6.18. The molecule has 1 amide bonds. The lowest BCUT2D eigenvalue weighted by Crippen LogP contribution is -2.38. The van der Waals surface area contributed by atoms with Gasteiger partial charge in [-0.05, 0) is 48.3 Å². The van der Waals surface area contributed by atoms with Gasteiger partial charge in [-0.2, -0.15) is 0 Å². The number of benzene rings is 3. The Labute approximate surface area is 193 Å². The highest BCUT2D eigenvalue weighted by Gasteiger charge is 2.23. The summed E-state index contributed by atoms with van der Waals surface area (Å²) < 4.78 is 11.6. The molecule has 1 heterocycles. The molecule has 4 rings (SSSR count). The van der Waals surface area contributed by atoms with Gasteiger partial charge in [0.05, 0.1) is 17.7 Å². The van der Waals surface area contributed by atoms with E-state index in [1.54, 1.807) is 0 Å². The Morgan fingerprint density at radius 1 is 0.969 bits per heavy atom. The predicted octanol–water partition coefficient (Wildman–Crippen LogP) is 4.89. The lowest BCUT2D eigenvalue weighted by atomic mass is 9.90. The van der Waals surface area contributed by atoms with Crippen molar-refractivity contribution in [1.82, 2.24) is 5.32 Å². The number of carbonyl (C=O) groups is 1. The molecule has 0 aliphatic carbocycles. The van der Waals surface area contributed by atoms with E-state index < -0.39 is 5.92 Å². The Morgan fingerprint density at radius 2 is 1.59 bits per heavy atom. The van der Waals surface area contributed by atoms with Crippen LogP contribution in [-0.4, -0.2) is 30.3 Å². The van der Waals surface area contributed by atoms with E-state index in [1.165, 1.54) is 0 Å². The van der Waals surface area contributed by atoms with Gasteiger partial charge in [-0.3, -0.25) is 4.79 Å². The van der Waals surface area contributed by atoms with Crippen molar-refractivity contribution < 1.29 is 14.3 Å². The third-order valence-corrected chi connectivity index (χ3v) is 5.55. The molecule has 164 valence electrons. The normalized spacial score (nSPS) is 15.3. The molecule has 0 aromatic heterocycles. The molecule has 0 spiro atoms. The third-order valence-electron chi connectivity index (χ3n) is 5.35. The number of anilines is 1. The van der Waals surface area contributed by atoms with Crippen molar-refractivity contribution in [2.75, 3.05) is 18.5 Å². The van der Waals surface area contributed by atoms with Crippen molar-refractivity contribution >= 4 is 28.9 Å². The second-order valence-electron chi connectivity index (χ2n) is 7.64. The van der Waals surface area contributed by atoms with E-state index >= 15 is 0 Å². The Balaban J connectivity index is 1.44. The van der Waals surface area contributed by atoms with Gasteiger partial charge in [-0.1, -0.05) is 72.8 Å². The Bertz CT molecular complexity index is 998. The van der Waals surface area contributed by atoms with Crippen LogP contribution in [0.3, 0.4) is 0 Å². The highest BCUT2D eigenvalue weighted by atomic mass is 32.1. The standard InChI is InChI=1S/C26H26N2O3S/c29-25(24(19-10-3-1-4-11-19)20-12-5-2-6-13-20)28-26(32)27-22-15-7-8-16-23(22)31-18-21-14-9-17-30-21/h1-8,10-13,15-16,21,24H,9,14,17-18H2,(H2,27,28,29,32). The zero-order valence-corrected chi connectivity index (χ0v) is 18.5. The second kappa shape index (κ2) is 10.9. The van der Waals surface area contributed by atoms with Gasteiger partial charge in [0.2, 0.25) is 5.91 Å². The first-order valence-electron chi connectivity index (χ1n) is 10.8. The molecule has 3 aromatic rings. The van der Waals surface area contributed by atoms with Gasteiger partial charge in [0.1, 0.15) is 12.4 Å². The maximum atomic E-state index is 13.2. The van der Waals surface area contributed by atoms with Crippen LogP contribution in [0.15, 0.2) is 84.9 Å². The number of para-hydroxylation sites is 2. The highest BCUT2D eigenvalue weighted by molar-refractivity contribution is 7.80. The third kappa shape index (κ3) is 5.72. The van der Waals surface area contributed by atoms with Crippen molar-refractivity contribution in [2.45, 2.75) is 24.9 Å². The lowest BCUT2D eigenvalue weighted by Gasteiger charge is -2.20. The molecule has 1 aliphatic rings. The number of ether oxygens (including phenoxy) is 2. The van der Waals surface area contributed by atoms with E-state index in [4.69, 9.17) is 21.7 Å². The van der Waals surface area contributed by atoms with Crippen LogP contribution in [0.25, 0.3) is 0 Å². The molecule has 0 bridgehead atoms. The van der Waals surface area contributed by atoms with Crippen molar-refractivity contribution in [3.05, 3.63) is 96.1 Å². The van der Waals surface area contributed by atoms with Gasteiger partial charge in [0.25, 0.3) is 0 Å². The van der Waals surface area contributed by atoms with Gasteiger partial charge in [0.15, 0.2) is 5.11 Å². The summed E-state index contributed by atoms with van der Waals surface area (Å²) in [7, 11) is 0. The molecule has 0 radical (unpaired) electrons. The summed E-state index contributed by atoms with van der Waals surface area (Å²) in [5.41, 5.74) is 2.50. The fourth-order valence-corrected chi connectivity index (χ4v) is 3.99. The van der Waals surface area contributed by atoms with Gasteiger partial charge >= 0.3 is 0 Å². The molecule has 5 nitrogen and oxygen atoms in total. The average Bonchev–Trinajstić information content (AvgIpc) is 3.34. The molecular formula is C26H26N2O3S. The van der Waals surface area contributed by atoms with E-state index in [0.717, 1.165) is 30.6 Å². The van der Waals surface area contributed by atoms with Crippen molar-refractivity contribution in [1.29, 1.82) is 0 Å². The molecule has 1 aliphatic heterocycles. The summed E-state index contributed by atoms with van der Waals surface area (Å²) in [5.74, 6) is 0.00285. The minimum atomic E-state index is -0.469. The van der Waals surface area contributed by atoms with Crippen LogP contribution in [0.5, 0.6) is 5.75 Å². The Morgan fingerprint density at radius 3 is 2.22 bits per heavy atom. The van der Waals surface area contributed by atoms with E-state index in [1.807, 2.05) is 84.9 Å². The maximum Gasteiger partial charge on any atom is 0.238 e. The molecule has 1 saturated heterocycles. The smallest absolute Gasteiger partial charge is 0.238 e. The molecule has 2 N–H and O–H groups in total. The number of amides is 1. The first kappa shape index (κ1) is 22.0. The molecular weight excluding hydrogens is 420 g/mol. The minimum absolute atomic E-state index is 0.118. The van der Waals surface area contributed by atoms with E-state index in [9.17, 15) is 4.79 Å². The number of hydrogen-bond donors (Lipinski definition) is 2. The first-order chi connectivity index (χ1) is 15.7. The largest absolute Gasteiger partial charge is 0.489 e. The summed E-state index contributed by atoms with van der Waals surface area (Å²) >= 11 is 5.46. The van der Waals surface area contributed by atoms with E-state index in [0.29, 0.717) is 18.0 Å². The predicted molar refractivity (Wildman–Crippen MR) is 130 cm³/mol. The summed E-state index contributed by atoms with van der Waals surface area (Å²) in [6.07, 6.45) is 2.19. The van der Waals surface area contributed by atoms with Crippen molar-refractivity contribution in [3.8, 4) is 5.75 Å². The van der Waals surface area contributed by atoms with Gasteiger partial charge in [-0.15, -0.1) is 0 Å². The fourth-order valence-electron chi connectivity index (χ4n) is 3.78. The number of rotatable bonds is 7. The van der Waals surface area contributed by atoms with Gasteiger partial charge in [0, 0.05) is 6.61 Å². The van der Waals surface area contributed by atoms with Gasteiger partial charge in [-0.25, -0.2) is 0 Å². The van der Waals surface area contributed by atoms with Crippen LogP contribution < -0.4 is 15.4 Å². The zero-order valence-electron chi connectivity index (χ0n) is 17.7. The van der Waals surface area contributed by atoms with E-state index in [2.05, 4.69) is 10.6 Å². The molecule has 3 aromatic carbocycles. The van der Waals surface area contributed by atoms with Crippen LogP contribution in [-0.2, 0) is 9.53 Å². The van der Waals surface area contributed by atoms with Crippen LogP contribution in [0.1, 0.15) is 29.9 Å². The Kier molecular flexibility index (Phi) is 7.48. The first-order valence-corrected chi connectivity index (χ1v) is 11.2. The second-order valence-corrected chi connectivity index (χ2v) is 8.05. The zero-order chi connectivity index (χ0) is 22.2. The fraction of sp³-hybridized carbons (Fsp3) is 0.231. The highest BCUT2D eigenvalue weighted by Crippen LogP contribution is 2.27. The van der Waals surface area contributed by atoms with Crippen LogP contribution in [0.4, 0.5) is 5.69 Å². The van der Waals surface area contributed by atoms with Crippen molar-refractivity contribution in [2.24, 2.45) is 0 Å². The lowest BCUT2D eigenvalue weighted by molar-refractivity contribution is -0.120. The maximum absolute atomic E-state index is 13.2. The summed E-state index contributed by atoms with van der Waals surface area (Å²) in [6.45, 7) is 1.27. The minimum Gasteiger partial charge on any atom is -0.489 e. The molecule has 0 saturated carbocycles. The van der Waals surface area contributed by atoms with Crippen LogP contribution in [0.2, 0.25) is 0 Å². The SMILES string of the molecule is O=C(NC(=S)Nc1ccccc1OCC1CCCO1)C(c1ccccc1)c1ccccc1. The summed E-state index contributed by atoms with van der Waals surface area (Å²) in [6, 6.07) is 26.9. The van der Waals surface area contributed by atoms with Crippen LogP contribution in [0, 0.1) is 0 Å². The number of nitrogens with one attached hydrogen (secondary N) is 2.